The van der Waals surface area contributed by atoms with Gasteiger partial charge in [-0.2, -0.15) is 0 Å². The van der Waals surface area contributed by atoms with E-state index < -0.39 is 0 Å². The zero-order chi connectivity index (χ0) is 13.9. The third kappa shape index (κ3) is 1.66. The molecular formula is C18H26O2. The summed E-state index contributed by atoms with van der Waals surface area (Å²) in [6.07, 6.45) is 11.1. The minimum Gasteiger partial charge on any atom is -0.513 e. The van der Waals surface area contributed by atoms with Crippen LogP contribution in [-0.2, 0) is 4.79 Å². The molecular weight excluding hydrogens is 248 g/mol. The Bertz CT molecular complexity index is 466. The summed E-state index contributed by atoms with van der Waals surface area (Å²) in [5.74, 6) is 4.84. The Balaban J connectivity index is 1.62. The number of hydrogen-bond acceptors (Lipinski definition) is 2. The predicted octanol–water partition coefficient (Wildman–Crippen LogP) is 4.26. The molecule has 4 aliphatic rings. The summed E-state index contributed by atoms with van der Waals surface area (Å²) >= 11 is 0. The number of aliphatic hydroxyl groups is 1. The number of aliphatic hydroxyl groups excluding tert-OH is 1. The Hall–Kier alpha value is -0.790. The molecule has 0 saturated heterocycles. The van der Waals surface area contributed by atoms with Crippen molar-refractivity contribution in [3.8, 4) is 0 Å². The maximum absolute atomic E-state index is 12.3. The van der Waals surface area contributed by atoms with Crippen LogP contribution in [-0.4, -0.2) is 10.9 Å². The molecule has 20 heavy (non-hydrogen) atoms. The number of Topliss-reactive ketones (excluding diaryl/α,β-unsaturated/α-hetero) is 1. The maximum atomic E-state index is 12.3. The van der Waals surface area contributed by atoms with Gasteiger partial charge in [-0.15, -0.1) is 0 Å². The van der Waals surface area contributed by atoms with E-state index in [0.29, 0.717) is 23.4 Å². The Morgan fingerprint density at radius 1 is 1.05 bits per heavy atom. The third-order valence-electron chi connectivity index (χ3n) is 7.28. The highest BCUT2D eigenvalue weighted by Crippen LogP contribution is 2.60. The van der Waals surface area contributed by atoms with Crippen molar-refractivity contribution >= 4 is 5.78 Å². The van der Waals surface area contributed by atoms with Crippen LogP contribution in [0.3, 0.4) is 0 Å². The lowest BCUT2D eigenvalue weighted by Crippen LogP contribution is -2.47. The average molecular weight is 274 g/mol. The molecule has 0 spiro atoms. The number of carbonyl (C=O) groups excluding carboxylic acids is 1. The van der Waals surface area contributed by atoms with Crippen molar-refractivity contribution in [3.05, 3.63) is 11.8 Å². The minimum atomic E-state index is 0.0145. The van der Waals surface area contributed by atoms with Gasteiger partial charge in [-0.05, 0) is 74.2 Å². The summed E-state index contributed by atoms with van der Waals surface area (Å²) in [6.45, 7) is 2.25. The Kier molecular flexibility index (Phi) is 2.81. The number of fused-ring (bicyclic) bond motifs is 5. The second kappa shape index (κ2) is 4.35. The molecule has 0 aromatic heterocycles. The first-order valence-electron chi connectivity index (χ1n) is 8.52. The minimum absolute atomic E-state index is 0.0145. The molecule has 4 aliphatic carbocycles. The molecule has 3 fully saturated rings. The first-order valence-corrected chi connectivity index (χ1v) is 8.52. The van der Waals surface area contributed by atoms with E-state index in [1.165, 1.54) is 25.7 Å². The summed E-state index contributed by atoms with van der Waals surface area (Å²) in [4.78, 5) is 12.3. The van der Waals surface area contributed by atoms with E-state index in [-0.39, 0.29) is 5.41 Å². The van der Waals surface area contributed by atoms with Crippen LogP contribution in [0.1, 0.15) is 58.3 Å². The highest BCUT2D eigenvalue weighted by Gasteiger charge is 2.56. The van der Waals surface area contributed by atoms with Gasteiger partial charge in [-0.25, -0.2) is 0 Å². The summed E-state index contributed by atoms with van der Waals surface area (Å²) in [7, 11) is 0. The second-order valence-electron chi connectivity index (χ2n) is 7.95. The van der Waals surface area contributed by atoms with Crippen LogP contribution in [0.2, 0.25) is 0 Å². The molecule has 4 rings (SSSR count). The van der Waals surface area contributed by atoms with Crippen LogP contribution in [0.5, 0.6) is 0 Å². The molecule has 0 radical (unpaired) electrons. The molecule has 0 aromatic rings. The van der Waals surface area contributed by atoms with Crippen molar-refractivity contribution in [1.82, 2.24) is 0 Å². The van der Waals surface area contributed by atoms with E-state index in [1.54, 1.807) is 0 Å². The lowest BCUT2D eigenvalue weighted by molar-refractivity contribution is -0.132. The van der Waals surface area contributed by atoms with Crippen molar-refractivity contribution < 1.29 is 9.90 Å². The van der Waals surface area contributed by atoms with Gasteiger partial charge in [0.15, 0.2) is 0 Å². The van der Waals surface area contributed by atoms with E-state index in [1.807, 2.05) is 0 Å². The smallest absolute Gasteiger partial charge is 0.139 e. The van der Waals surface area contributed by atoms with Crippen molar-refractivity contribution in [2.24, 2.45) is 35.0 Å². The molecule has 2 nitrogen and oxygen atoms in total. The molecule has 0 aliphatic heterocycles. The Labute approximate surface area is 121 Å². The van der Waals surface area contributed by atoms with E-state index in [4.69, 9.17) is 0 Å². The first-order chi connectivity index (χ1) is 9.59. The molecule has 0 unspecified atom stereocenters. The Morgan fingerprint density at radius 3 is 2.75 bits per heavy atom. The molecule has 0 amide bonds. The van der Waals surface area contributed by atoms with Gasteiger partial charge in [0.2, 0.25) is 0 Å². The topological polar surface area (TPSA) is 37.3 Å². The molecule has 110 valence electrons. The third-order valence-corrected chi connectivity index (χ3v) is 7.28. The van der Waals surface area contributed by atoms with Crippen molar-refractivity contribution in [2.45, 2.75) is 58.3 Å². The fourth-order valence-corrected chi connectivity index (χ4v) is 6.23. The highest BCUT2D eigenvalue weighted by molar-refractivity contribution is 5.87. The number of carbonyl (C=O) groups is 1. The monoisotopic (exact) mass is 274 g/mol. The summed E-state index contributed by atoms with van der Waals surface area (Å²) in [5.41, 5.74) is 0.0145. The van der Waals surface area contributed by atoms with Crippen molar-refractivity contribution in [2.75, 3.05) is 0 Å². The molecule has 0 heterocycles. The van der Waals surface area contributed by atoms with E-state index in [2.05, 4.69) is 13.0 Å². The van der Waals surface area contributed by atoms with Crippen molar-refractivity contribution in [3.63, 3.8) is 0 Å². The lowest BCUT2D eigenvalue weighted by atomic mass is 9.51. The van der Waals surface area contributed by atoms with Crippen molar-refractivity contribution in [1.29, 1.82) is 0 Å². The van der Waals surface area contributed by atoms with Gasteiger partial charge in [-0.3, -0.25) is 4.79 Å². The molecule has 0 aromatic carbocycles. The van der Waals surface area contributed by atoms with Gasteiger partial charge in [-0.1, -0.05) is 6.92 Å². The predicted molar refractivity (Wildman–Crippen MR) is 78.2 cm³/mol. The molecule has 6 atom stereocenters. The number of rotatable bonds is 0. The van der Waals surface area contributed by atoms with Crippen LogP contribution in [0, 0.1) is 35.0 Å². The van der Waals surface area contributed by atoms with Crippen LogP contribution in [0.25, 0.3) is 0 Å². The molecule has 0 bridgehead atoms. The van der Waals surface area contributed by atoms with Gasteiger partial charge in [0.1, 0.15) is 5.78 Å². The SMILES string of the molecule is C[C@]12CC[C@@H]3[C@H]4CCC(O)=C[C@@H]4CC[C@H]3[C@@H]1CCC2=O. The number of hydrogen-bond donors (Lipinski definition) is 1. The van der Waals surface area contributed by atoms with Gasteiger partial charge < -0.3 is 5.11 Å². The summed E-state index contributed by atoms with van der Waals surface area (Å²) in [5, 5.41) is 9.79. The Morgan fingerprint density at radius 2 is 1.90 bits per heavy atom. The normalized spacial score (nSPS) is 51.0. The molecule has 3 saturated carbocycles. The number of allylic oxidation sites excluding steroid dienone is 2. The lowest BCUT2D eigenvalue weighted by Gasteiger charge is -2.53. The van der Waals surface area contributed by atoms with Crippen LogP contribution in [0.15, 0.2) is 11.8 Å². The quantitative estimate of drug-likeness (QED) is 0.716. The van der Waals surface area contributed by atoms with Crippen LogP contribution in [0.4, 0.5) is 0 Å². The van der Waals surface area contributed by atoms with Gasteiger partial charge >= 0.3 is 0 Å². The largest absolute Gasteiger partial charge is 0.513 e. The second-order valence-corrected chi connectivity index (χ2v) is 7.95. The van der Waals surface area contributed by atoms with E-state index >= 15 is 0 Å². The van der Waals surface area contributed by atoms with E-state index in [0.717, 1.165) is 43.4 Å². The van der Waals surface area contributed by atoms with Gasteiger partial charge in [0.05, 0.1) is 5.76 Å². The summed E-state index contributed by atoms with van der Waals surface area (Å²) < 4.78 is 0. The fraction of sp³-hybridized carbons (Fsp3) is 0.833. The fourth-order valence-electron chi connectivity index (χ4n) is 6.23. The van der Waals surface area contributed by atoms with E-state index in [9.17, 15) is 9.90 Å². The zero-order valence-electron chi connectivity index (χ0n) is 12.5. The molecule has 2 heteroatoms. The summed E-state index contributed by atoms with van der Waals surface area (Å²) in [6, 6.07) is 0. The van der Waals surface area contributed by atoms with Crippen LogP contribution >= 0.6 is 0 Å². The maximum Gasteiger partial charge on any atom is 0.139 e. The zero-order valence-corrected chi connectivity index (χ0v) is 12.5. The standard InChI is InChI=1S/C18H26O2/c1-18-9-8-14-13-5-3-12(19)10-11(13)2-4-15(14)16(18)6-7-17(18)20/h10-11,13-16,19H,2-9H2,1H3/t11-,13-,14+,15+,16-,18-/m0/s1. The molecule has 1 N–H and O–H groups in total. The van der Waals surface area contributed by atoms with Crippen LogP contribution < -0.4 is 0 Å². The first kappa shape index (κ1) is 12.9. The highest BCUT2D eigenvalue weighted by atomic mass is 16.3. The number of ketones is 1. The van der Waals surface area contributed by atoms with Gasteiger partial charge in [0, 0.05) is 18.3 Å². The van der Waals surface area contributed by atoms with Gasteiger partial charge in [0.25, 0.3) is 0 Å². The average Bonchev–Trinajstić information content (AvgIpc) is 2.74.